The van der Waals surface area contributed by atoms with Gasteiger partial charge in [-0.05, 0) is 78.6 Å². The van der Waals surface area contributed by atoms with Crippen LogP contribution in [-0.4, -0.2) is 46.5 Å². The van der Waals surface area contributed by atoms with Gasteiger partial charge in [0, 0.05) is 6.04 Å². The van der Waals surface area contributed by atoms with Gasteiger partial charge >= 0.3 is 13.2 Å². The van der Waals surface area contributed by atoms with E-state index in [0.717, 1.165) is 24.7 Å². The third kappa shape index (κ3) is 3.41. The fraction of sp³-hybridized carbons (Fsp3) is 0.864. The smallest absolute Gasteiger partial charge is 0.444 e. The molecule has 2 fully saturated rings. The predicted octanol–water partition coefficient (Wildman–Crippen LogP) is 5.13. The summed E-state index contributed by atoms with van der Waals surface area (Å²) >= 11 is 0. The Bertz CT molecular complexity index is 670. The largest absolute Gasteiger partial charge is 0.490 e. The van der Waals surface area contributed by atoms with Crippen LogP contribution in [0.4, 0.5) is 4.79 Å². The molecular weight excluding hydrogens is 353 g/mol. The monoisotopic (exact) mass is 391 g/mol. The maximum absolute atomic E-state index is 13.2. The number of hydrogen-bond donors (Lipinski definition) is 0. The van der Waals surface area contributed by atoms with Gasteiger partial charge < -0.3 is 14.0 Å². The Hall–Kier alpha value is -1.01. The molecule has 2 unspecified atom stereocenters. The molecule has 28 heavy (non-hydrogen) atoms. The number of nitrogens with zero attached hydrogens (tertiary/aromatic N) is 1. The van der Waals surface area contributed by atoms with E-state index in [-0.39, 0.29) is 35.9 Å². The molecular formula is C22H38BNO4. The van der Waals surface area contributed by atoms with Gasteiger partial charge in [0.2, 0.25) is 0 Å². The molecule has 0 aliphatic carbocycles. The molecule has 3 rings (SSSR count). The molecule has 6 heteroatoms. The number of carbonyl (C=O) groups is 1. The molecule has 0 aromatic rings. The minimum atomic E-state index is -0.509. The molecule has 2 bridgehead atoms. The van der Waals surface area contributed by atoms with Crippen molar-refractivity contribution in [2.75, 3.05) is 0 Å². The summed E-state index contributed by atoms with van der Waals surface area (Å²) in [5, 5.41) is 0. The van der Waals surface area contributed by atoms with Crippen molar-refractivity contribution in [2.24, 2.45) is 5.41 Å². The van der Waals surface area contributed by atoms with Gasteiger partial charge in [0.05, 0.1) is 16.7 Å². The Morgan fingerprint density at radius 1 is 1.11 bits per heavy atom. The Morgan fingerprint density at radius 2 is 1.64 bits per heavy atom. The van der Waals surface area contributed by atoms with Gasteiger partial charge in [-0.1, -0.05) is 26.8 Å². The minimum absolute atomic E-state index is 0.119. The second kappa shape index (κ2) is 6.25. The maximum Gasteiger partial charge on any atom is 0.490 e. The number of carbonyl (C=O) groups excluding carboxylic acids is 1. The summed E-state index contributed by atoms with van der Waals surface area (Å²) in [4.78, 5) is 15.2. The second-order valence-electron chi connectivity index (χ2n) is 11.7. The zero-order valence-corrected chi connectivity index (χ0v) is 19.4. The number of rotatable bonds is 1. The van der Waals surface area contributed by atoms with Crippen LogP contribution in [0, 0.1) is 5.41 Å². The third-order valence-corrected chi connectivity index (χ3v) is 6.99. The Morgan fingerprint density at radius 3 is 2.11 bits per heavy atom. The van der Waals surface area contributed by atoms with Gasteiger partial charge in [0.25, 0.3) is 0 Å². The van der Waals surface area contributed by atoms with E-state index in [9.17, 15) is 4.79 Å². The third-order valence-electron chi connectivity index (χ3n) is 6.99. The average molecular weight is 391 g/mol. The zero-order valence-electron chi connectivity index (χ0n) is 19.4. The zero-order chi connectivity index (χ0) is 21.3. The Labute approximate surface area is 171 Å². The van der Waals surface area contributed by atoms with Crippen LogP contribution in [0.25, 0.3) is 0 Å². The summed E-state index contributed by atoms with van der Waals surface area (Å²) < 4.78 is 18.5. The summed E-state index contributed by atoms with van der Waals surface area (Å²) in [6.45, 7) is 20.7. The summed E-state index contributed by atoms with van der Waals surface area (Å²) in [6.07, 6.45) is 4.73. The fourth-order valence-corrected chi connectivity index (χ4v) is 4.67. The molecule has 0 aromatic heterocycles. The fourth-order valence-electron chi connectivity index (χ4n) is 4.67. The quantitative estimate of drug-likeness (QED) is 0.582. The molecule has 0 aromatic carbocycles. The molecule has 0 spiro atoms. The van der Waals surface area contributed by atoms with Crippen LogP contribution in [0.3, 0.4) is 0 Å². The van der Waals surface area contributed by atoms with E-state index in [1.165, 1.54) is 0 Å². The first-order valence-corrected chi connectivity index (χ1v) is 10.6. The Kier molecular flexibility index (Phi) is 4.84. The Balaban J connectivity index is 1.99. The van der Waals surface area contributed by atoms with Crippen molar-refractivity contribution in [3.8, 4) is 0 Å². The topological polar surface area (TPSA) is 48.0 Å². The summed E-state index contributed by atoms with van der Waals surface area (Å²) in [7, 11) is -0.354. The van der Waals surface area contributed by atoms with Gasteiger partial charge in [-0.2, -0.15) is 0 Å². The van der Waals surface area contributed by atoms with Crippen LogP contribution >= 0.6 is 0 Å². The van der Waals surface area contributed by atoms with E-state index in [1.54, 1.807) is 0 Å². The number of fused-ring (bicyclic) bond motifs is 2. The molecule has 158 valence electrons. The van der Waals surface area contributed by atoms with E-state index in [2.05, 4.69) is 54.5 Å². The lowest BCUT2D eigenvalue weighted by molar-refractivity contribution is -0.0188. The van der Waals surface area contributed by atoms with Crippen molar-refractivity contribution in [3.63, 3.8) is 0 Å². The van der Waals surface area contributed by atoms with Crippen LogP contribution in [0.2, 0.25) is 0 Å². The average Bonchev–Trinajstić information content (AvgIpc) is 2.84. The molecule has 0 N–H and O–H groups in total. The lowest BCUT2D eigenvalue weighted by Gasteiger charge is -2.50. The number of ether oxygens (including phenoxy) is 1. The van der Waals surface area contributed by atoms with Crippen LogP contribution in [0.15, 0.2) is 11.5 Å². The van der Waals surface area contributed by atoms with Crippen LogP contribution in [0.5, 0.6) is 0 Å². The normalized spacial score (nSPS) is 31.8. The standard InChI is InChI=1S/C22H38BNO4/c1-18(2,3)22-12-11-16(24(22)17(25)26-19(4,5)6)13-15(14-22)23-27-20(7,8)21(9,10)28-23/h14,16H,11-13H2,1-10H3. The predicted molar refractivity (Wildman–Crippen MR) is 112 cm³/mol. The maximum atomic E-state index is 13.2. The first-order valence-electron chi connectivity index (χ1n) is 10.6. The van der Waals surface area contributed by atoms with E-state index in [1.807, 2.05) is 25.7 Å². The van der Waals surface area contributed by atoms with Crippen molar-refractivity contribution in [1.29, 1.82) is 0 Å². The molecule has 2 atom stereocenters. The van der Waals surface area contributed by atoms with Gasteiger partial charge in [0.1, 0.15) is 5.60 Å². The number of hydrogen-bond acceptors (Lipinski definition) is 4. The number of amides is 1. The molecule has 0 saturated carbocycles. The minimum Gasteiger partial charge on any atom is -0.444 e. The highest BCUT2D eigenvalue weighted by atomic mass is 16.7. The molecule has 3 aliphatic heterocycles. The van der Waals surface area contributed by atoms with Crippen LogP contribution in [0.1, 0.15) is 88.5 Å². The van der Waals surface area contributed by atoms with Crippen molar-refractivity contribution in [2.45, 2.75) is 117 Å². The SMILES string of the molecule is CC(C)(C)OC(=O)N1C2CCC1(C(C)(C)C)C=C(B1OC(C)(C)C(C)(C)O1)C2. The summed E-state index contributed by atoms with van der Waals surface area (Å²) in [5.41, 5.74) is -0.601. The van der Waals surface area contributed by atoms with Gasteiger partial charge in [0.15, 0.2) is 0 Å². The van der Waals surface area contributed by atoms with Gasteiger partial charge in [-0.25, -0.2) is 4.79 Å². The molecule has 3 heterocycles. The van der Waals surface area contributed by atoms with Gasteiger partial charge in [-0.3, -0.25) is 4.90 Å². The lowest BCUT2D eigenvalue weighted by atomic mass is 9.65. The van der Waals surface area contributed by atoms with E-state index >= 15 is 0 Å². The molecule has 0 radical (unpaired) electrons. The van der Waals surface area contributed by atoms with E-state index in [0.29, 0.717) is 0 Å². The lowest BCUT2D eigenvalue weighted by Crippen LogP contribution is -2.60. The van der Waals surface area contributed by atoms with Crippen LogP contribution in [-0.2, 0) is 14.0 Å². The summed E-state index contributed by atoms with van der Waals surface area (Å²) in [6, 6.07) is 0.119. The first kappa shape index (κ1) is 21.7. The molecule has 1 amide bonds. The second-order valence-corrected chi connectivity index (χ2v) is 11.7. The van der Waals surface area contributed by atoms with E-state index < -0.39 is 11.1 Å². The van der Waals surface area contributed by atoms with Crippen molar-refractivity contribution in [1.82, 2.24) is 4.90 Å². The summed E-state index contributed by atoms with van der Waals surface area (Å²) in [5.74, 6) is 0. The highest BCUT2D eigenvalue weighted by molar-refractivity contribution is 6.54. The molecule has 3 aliphatic rings. The first-order chi connectivity index (χ1) is 12.5. The van der Waals surface area contributed by atoms with Crippen molar-refractivity contribution in [3.05, 3.63) is 11.5 Å². The van der Waals surface area contributed by atoms with Gasteiger partial charge in [-0.15, -0.1) is 0 Å². The van der Waals surface area contributed by atoms with Crippen molar-refractivity contribution < 1.29 is 18.8 Å². The van der Waals surface area contributed by atoms with Crippen LogP contribution < -0.4 is 0 Å². The highest BCUT2D eigenvalue weighted by Gasteiger charge is 2.60. The molecule has 2 saturated heterocycles. The van der Waals surface area contributed by atoms with Crippen molar-refractivity contribution >= 4 is 13.2 Å². The molecule has 5 nitrogen and oxygen atoms in total. The van der Waals surface area contributed by atoms with E-state index in [4.69, 9.17) is 14.0 Å². The highest BCUT2D eigenvalue weighted by Crippen LogP contribution is 2.53.